The van der Waals surface area contributed by atoms with Crippen molar-refractivity contribution in [2.24, 2.45) is 11.5 Å². The van der Waals surface area contributed by atoms with Crippen molar-refractivity contribution in [2.45, 2.75) is 18.6 Å². The average Bonchev–Trinajstić information content (AvgIpc) is 2.18. The normalized spacial score (nSPS) is 15.1. The Kier molecular flexibility index (Phi) is 4.54. The van der Waals surface area contributed by atoms with Crippen LogP contribution in [0.2, 0.25) is 0 Å². The highest BCUT2D eigenvalue weighted by atomic mass is 79.9. The molecule has 1 aromatic rings. The lowest BCUT2D eigenvalue weighted by molar-refractivity contribution is 0.142. The third-order valence-corrected chi connectivity index (χ3v) is 2.85. The zero-order valence-electron chi connectivity index (χ0n) is 7.86. The fourth-order valence-electron chi connectivity index (χ4n) is 1.30. The van der Waals surface area contributed by atoms with Gasteiger partial charge in [-0.1, -0.05) is 34.1 Å². The smallest absolute Gasteiger partial charge is 0.0952 e. The predicted octanol–water partition coefficient (Wildman–Crippen LogP) is 1.16. The van der Waals surface area contributed by atoms with E-state index in [4.69, 9.17) is 11.5 Å². The van der Waals surface area contributed by atoms with Crippen molar-refractivity contribution in [3.63, 3.8) is 0 Å². The number of nitrogens with two attached hydrogens (primary N) is 2. The summed E-state index contributed by atoms with van der Waals surface area (Å²) in [5.41, 5.74) is 12.0. The molecule has 0 heterocycles. The molecule has 0 aromatic heterocycles. The summed E-state index contributed by atoms with van der Waals surface area (Å²) in [5.74, 6) is 0. The summed E-state index contributed by atoms with van der Waals surface area (Å²) in [4.78, 5) is 0. The van der Waals surface area contributed by atoms with Crippen molar-refractivity contribution < 1.29 is 5.11 Å². The molecule has 5 N–H and O–H groups in total. The molecular weight excluding hydrogens is 244 g/mol. The second-order valence-corrected chi connectivity index (χ2v) is 4.06. The van der Waals surface area contributed by atoms with E-state index in [1.807, 2.05) is 24.3 Å². The van der Waals surface area contributed by atoms with Gasteiger partial charge in [0.15, 0.2) is 0 Å². The first-order valence-corrected chi connectivity index (χ1v) is 5.34. The quantitative estimate of drug-likeness (QED) is 0.759. The van der Waals surface area contributed by atoms with E-state index in [0.717, 1.165) is 10.0 Å². The van der Waals surface area contributed by atoms with Gasteiger partial charge in [0, 0.05) is 10.5 Å². The van der Waals surface area contributed by atoms with Crippen LogP contribution < -0.4 is 11.5 Å². The molecule has 0 bridgehead atoms. The molecule has 2 atom stereocenters. The third kappa shape index (κ3) is 2.78. The van der Waals surface area contributed by atoms with Crippen LogP contribution in [-0.4, -0.2) is 17.7 Å². The Morgan fingerprint density at radius 3 is 2.57 bits per heavy atom. The zero-order chi connectivity index (χ0) is 10.6. The fraction of sp³-hybridized carbons (Fsp3) is 0.400. The molecule has 0 saturated carbocycles. The van der Waals surface area contributed by atoms with Gasteiger partial charge in [0.2, 0.25) is 0 Å². The van der Waals surface area contributed by atoms with Crippen LogP contribution in [0.5, 0.6) is 0 Å². The minimum atomic E-state index is -0.658. The molecule has 0 radical (unpaired) electrons. The Hall–Kier alpha value is -0.420. The van der Waals surface area contributed by atoms with Gasteiger partial charge in [-0.05, 0) is 24.6 Å². The Labute approximate surface area is 92.2 Å². The molecule has 1 rings (SSSR count). The van der Waals surface area contributed by atoms with Gasteiger partial charge in [-0.2, -0.15) is 0 Å². The summed E-state index contributed by atoms with van der Waals surface area (Å²) in [7, 11) is 0. The van der Waals surface area contributed by atoms with E-state index in [0.29, 0.717) is 13.0 Å². The average molecular weight is 259 g/mol. The van der Waals surface area contributed by atoms with Crippen molar-refractivity contribution in [1.82, 2.24) is 0 Å². The lowest BCUT2D eigenvalue weighted by Gasteiger charge is -2.19. The van der Waals surface area contributed by atoms with Gasteiger partial charge in [-0.25, -0.2) is 0 Å². The largest absolute Gasteiger partial charge is 0.387 e. The van der Waals surface area contributed by atoms with Gasteiger partial charge in [-0.3, -0.25) is 0 Å². The summed E-state index contributed by atoms with van der Waals surface area (Å²) in [6, 6.07) is 7.20. The Morgan fingerprint density at radius 2 is 2.00 bits per heavy atom. The summed E-state index contributed by atoms with van der Waals surface area (Å²) in [6.07, 6.45) is -0.0446. The molecule has 0 saturated heterocycles. The summed E-state index contributed by atoms with van der Waals surface area (Å²) in [6.45, 7) is 0.489. The molecule has 0 amide bonds. The van der Waals surface area contributed by atoms with E-state index in [1.165, 1.54) is 0 Å². The maximum atomic E-state index is 9.89. The molecular formula is C10H15BrN2O. The standard InChI is InChI=1S/C10H15BrN2O/c11-8-4-2-1-3-7(8)10(14)9(13)5-6-12/h1-4,9-10,14H,5-6,12-13H2. The van der Waals surface area contributed by atoms with Crippen LogP contribution in [0.4, 0.5) is 0 Å². The first kappa shape index (κ1) is 11.7. The maximum absolute atomic E-state index is 9.89. The lowest BCUT2D eigenvalue weighted by atomic mass is 10.0. The highest BCUT2D eigenvalue weighted by Crippen LogP contribution is 2.25. The molecule has 0 aliphatic rings. The van der Waals surface area contributed by atoms with Crippen LogP contribution in [0.1, 0.15) is 18.1 Å². The second kappa shape index (κ2) is 5.46. The number of halogens is 1. The van der Waals surface area contributed by atoms with Crippen LogP contribution in [0.3, 0.4) is 0 Å². The Morgan fingerprint density at radius 1 is 1.36 bits per heavy atom. The molecule has 4 heteroatoms. The van der Waals surface area contributed by atoms with E-state index in [1.54, 1.807) is 0 Å². The van der Waals surface area contributed by atoms with Gasteiger partial charge < -0.3 is 16.6 Å². The first-order valence-electron chi connectivity index (χ1n) is 4.55. The van der Waals surface area contributed by atoms with Crippen molar-refractivity contribution in [3.8, 4) is 0 Å². The molecule has 14 heavy (non-hydrogen) atoms. The second-order valence-electron chi connectivity index (χ2n) is 3.21. The van der Waals surface area contributed by atoms with E-state index >= 15 is 0 Å². The molecule has 1 aromatic carbocycles. The number of aliphatic hydroxyl groups is 1. The number of rotatable bonds is 4. The van der Waals surface area contributed by atoms with Crippen molar-refractivity contribution in [1.29, 1.82) is 0 Å². The molecule has 0 aliphatic carbocycles. The van der Waals surface area contributed by atoms with Crippen LogP contribution >= 0.6 is 15.9 Å². The van der Waals surface area contributed by atoms with E-state index in [2.05, 4.69) is 15.9 Å². The summed E-state index contributed by atoms with van der Waals surface area (Å²) >= 11 is 3.37. The van der Waals surface area contributed by atoms with Crippen LogP contribution in [0.15, 0.2) is 28.7 Å². The molecule has 0 aliphatic heterocycles. The van der Waals surface area contributed by atoms with E-state index in [-0.39, 0.29) is 6.04 Å². The molecule has 3 nitrogen and oxygen atoms in total. The van der Waals surface area contributed by atoms with Gasteiger partial charge >= 0.3 is 0 Å². The molecule has 0 spiro atoms. The number of aliphatic hydroxyl groups excluding tert-OH is 1. The number of hydrogen-bond donors (Lipinski definition) is 3. The van der Waals surface area contributed by atoms with Gasteiger partial charge in [-0.15, -0.1) is 0 Å². The summed E-state index contributed by atoms with van der Waals surface area (Å²) in [5, 5.41) is 9.89. The maximum Gasteiger partial charge on any atom is 0.0952 e. The zero-order valence-corrected chi connectivity index (χ0v) is 9.44. The predicted molar refractivity (Wildman–Crippen MR) is 60.7 cm³/mol. The SMILES string of the molecule is NCCC(N)C(O)c1ccccc1Br. The van der Waals surface area contributed by atoms with Crippen molar-refractivity contribution in [3.05, 3.63) is 34.3 Å². The van der Waals surface area contributed by atoms with E-state index < -0.39 is 6.10 Å². The van der Waals surface area contributed by atoms with Gasteiger partial charge in [0.1, 0.15) is 0 Å². The van der Waals surface area contributed by atoms with Crippen molar-refractivity contribution in [2.75, 3.05) is 6.54 Å². The van der Waals surface area contributed by atoms with Gasteiger partial charge in [0.05, 0.1) is 6.10 Å². The molecule has 2 unspecified atom stereocenters. The highest BCUT2D eigenvalue weighted by Gasteiger charge is 2.17. The minimum Gasteiger partial charge on any atom is -0.387 e. The third-order valence-electron chi connectivity index (χ3n) is 2.13. The monoisotopic (exact) mass is 258 g/mol. The van der Waals surface area contributed by atoms with E-state index in [9.17, 15) is 5.11 Å². The van der Waals surface area contributed by atoms with Crippen molar-refractivity contribution >= 4 is 15.9 Å². The highest BCUT2D eigenvalue weighted by molar-refractivity contribution is 9.10. The van der Waals surface area contributed by atoms with Gasteiger partial charge in [0.25, 0.3) is 0 Å². The van der Waals surface area contributed by atoms with Crippen LogP contribution in [0, 0.1) is 0 Å². The summed E-state index contributed by atoms with van der Waals surface area (Å²) < 4.78 is 0.875. The Balaban J connectivity index is 2.78. The fourth-order valence-corrected chi connectivity index (χ4v) is 1.82. The Bertz CT molecular complexity index is 293. The van der Waals surface area contributed by atoms with Crippen LogP contribution in [-0.2, 0) is 0 Å². The molecule has 78 valence electrons. The number of hydrogen-bond acceptors (Lipinski definition) is 3. The lowest BCUT2D eigenvalue weighted by Crippen LogP contribution is -2.30. The van der Waals surface area contributed by atoms with Crippen LogP contribution in [0.25, 0.3) is 0 Å². The number of benzene rings is 1. The minimum absolute atomic E-state index is 0.307. The first-order chi connectivity index (χ1) is 6.66. The topological polar surface area (TPSA) is 72.3 Å². The molecule has 0 fully saturated rings.